The monoisotopic (exact) mass is 252 g/mol. The quantitative estimate of drug-likeness (QED) is 0.624. The molecule has 0 aliphatic carbocycles. The number of carbonyl (C=O) groups excluding carboxylic acids is 1. The highest BCUT2D eigenvalue weighted by atomic mass is 19.1. The molecule has 0 fully saturated rings. The molecule has 18 heavy (non-hydrogen) atoms. The van der Waals surface area contributed by atoms with Crippen LogP contribution >= 0.6 is 0 Å². The van der Waals surface area contributed by atoms with Crippen molar-refractivity contribution in [2.45, 2.75) is 39.5 Å². The molecular weight excluding hydrogens is 235 g/mol. The van der Waals surface area contributed by atoms with Crippen molar-refractivity contribution in [1.29, 1.82) is 0 Å². The molecule has 98 valence electrons. The summed E-state index contributed by atoms with van der Waals surface area (Å²) < 4.78 is 13.1. The van der Waals surface area contributed by atoms with Crippen LogP contribution in [0.25, 0.3) is 0 Å². The van der Waals surface area contributed by atoms with Gasteiger partial charge in [-0.25, -0.2) is 4.39 Å². The molecule has 4 heteroatoms. The summed E-state index contributed by atoms with van der Waals surface area (Å²) in [4.78, 5) is 22.3. The normalized spacial score (nSPS) is 10.4. The summed E-state index contributed by atoms with van der Waals surface area (Å²) in [6.07, 6.45) is 1.41. The number of hydrogen-bond donors (Lipinski definition) is 1. The molecule has 0 amide bonds. The Kier molecular flexibility index (Phi) is 5.01. The number of ketones is 1. The zero-order valence-electron chi connectivity index (χ0n) is 10.6. The first-order valence-electron chi connectivity index (χ1n) is 5.93. The first kappa shape index (κ1) is 14.4. The minimum absolute atomic E-state index is 0.0459. The smallest absolute Gasteiger partial charge is 0.303 e. The van der Waals surface area contributed by atoms with Crippen LogP contribution in [0.2, 0.25) is 0 Å². The first-order valence-corrected chi connectivity index (χ1v) is 5.93. The van der Waals surface area contributed by atoms with Crippen LogP contribution in [0, 0.1) is 19.7 Å². The Hall–Kier alpha value is -1.71. The number of carboxylic acid groups (broad SMARTS) is 1. The number of aryl methyl sites for hydroxylation is 2. The van der Waals surface area contributed by atoms with Gasteiger partial charge in [-0.1, -0.05) is 0 Å². The lowest BCUT2D eigenvalue weighted by atomic mass is 9.96. The van der Waals surface area contributed by atoms with Gasteiger partial charge in [0.05, 0.1) is 0 Å². The van der Waals surface area contributed by atoms with Gasteiger partial charge in [-0.15, -0.1) is 0 Å². The van der Waals surface area contributed by atoms with E-state index in [1.807, 2.05) is 0 Å². The number of benzene rings is 1. The van der Waals surface area contributed by atoms with E-state index >= 15 is 0 Å². The average Bonchev–Trinajstić information content (AvgIpc) is 2.22. The molecule has 0 saturated carbocycles. The fourth-order valence-corrected chi connectivity index (χ4v) is 2.04. The van der Waals surface area contributed by atoms with E-state index in [0.29, 0.717) is 36.0 Å². The molecule has 1 N–H and O–H groups in total. The number of halogens is 1. The number of Topliss-reactive ketones (excluding diaryl/α,β-unsaturated/α-hetero) is 1. The van der Waals surface area contributed by atoms with Gasteiger partial charge >= 0.3 is 5.97 Å². The Balaban J connectivity index is 2.65. The van der Waals surface area contributed by atoms with Gasteiger partial charge in [-0.05, 0) is 49.9 Å². The lowest BCUT2D eigenvalue weighted by Gasteiger charge is -2.08. The largest absolute Gasteiger partial charge is 0.481 e. The predicted octanol–water partition coefficient (Wildman–Crippen LogP) is 3.27. The summed E-state index contributed by atoms with van der Waals surface area (Å²) in [7, 11) is 0. The lowest BCUT2D eigenvalue weighted by Crippen LogP contribution is -2.06. The molecule has 0 bridgehead atoms. The molecular formula is C14H17FO3. The van der Waals surface area contributed by atoms with E-state index in [9.17, 15) is 14.0 Å². The second-order valence-corrected chi connectivity index (χ2v) is 4.44. The van der Waals surface area contributed by atoms with Gasteiger partial charge in [0.25, 0.3) is 0 Å². The second kappa shape index (κ2) is 6.28. The van der Waals surface area contributed by atoms with Crippen molar-refractivity contribution in [2.24, 2.45) is 0 Å². The van der Waals surface area contributed by atoms with Gasteiger partial charge in [-0.2, -0.15) is 0 Å². The molecule has 0 spiro atoms. The van der Waals surface area contributed by atoms with Crippen LogP contribution in [-0.2, 0) is 4.79 Å². The van der Waals surface area contributed by atoms with Crippen molar-refractivity contribution in [2.75, 3.05) is 0 Å². The number of aliphatic carboxylic acids is 1. The minimum Gasteiger partial charge on any atom is -0.481 e. The van der Waals surface area contributed by atoms with Crippen LogP contribution in [0.3, 0.4) is 0 Å². The number of carbonyl (C=O) groups is 2. The molecule has 1 aromatic carbocycles. The standard InChI is InChI=1S/C14H17FO3/c1-9-7-11(15)8-10(2)14(9)12(16)5-3-4-6-13(17)18/h7-8H,3-6H2,1-2H3,(H,17,18). The summed E-state index contributed by atoms with van der Waals surface area (Å²) in [5, 5.41) is 8.49. The molecule has 0 radical (unpaired) electrons. The van der Waals surface area contributed by atoms with Gasteiger partial charge < -0.3 is 5.11 Å². The molecule has 0 aliphatic heterocycles. The molecule has 0 atom stereocenters. The number of hydrogen-bond acceptors (Lipinski definition) is 2. The third kappa shape index (κ3) is 3.95. The van der Waals surface area contributed by atoms with Crippen molar-refractivity contribution in [1.82, 2.24) is 0 Å². The predicted molar refractivity (Wildman–Crippen MR) is 66.3 cm³/mol. The maximum absolute atomic E-state index is 13.1. The van der Waals surface area contributed by atoms with Gasteiger partial charge in [0.15, 0.2) is 5.78 Å². The van der Waals surface area contributed by atoms with Crippen molar-refractivity contribution in [3.63, 3.8) is 0 Å². The van der Waals surface area contributed by atoms with Crippen LogP contribution in [0.4, 0.5) is 4.39 Å². The molecule has 1 aromatic rings. The molecule has 0 aliphatic rings. The highest BCUT2D eigenvalue weighted by molar-refractivity contribution is 5.98. The summed E-state index contributed by atoms with van der Waals surface area (Å²) in [5.74, 6) is -1.24. The van der Waals surface area contributed by atoms with Crippen LogP contribution in [0.5, 0.6) is 0 Å². The van der Waals surface area contributed by atoms with Crippen molar-refractivity contribution >= 4 is 11.8 Å². The highest BCUT2D eigenvalue weighted by Gasteiger charge is 2.13. The van der Waals surface area contributed by atoms with Gasteiger partial charge in [0.2, 0.25) is 0 Å². The second-order valence-electron chi connectivity index (χ2n) is 4.44. The Morgan fingerprint density at radius 2 is 1.61 bits per heavy atom. The van der Waals surface area contributed by atoms with Crippen molar-refractivity contribution in [3.05, 3.63) is 34.6 Å². The molecule has 0 heterocycles. The van der Waals surface area contributed by atoms with Gasteiger partial charge in [0, 0.05) is 18.4 Å². The highest BCUT2D eigenvalue weighted by Crippen LogP contribution is 2.19. The number of carboxylic acids is 1. The summed E-state index contributed by atoms with van der Waals surface area (Å²) in [5.41, 5.74) is 1.83. The maximum atomic E-state index is 13.1. The van der Waals surface area contributed by atoms with Gasteiger partial charge in [-0.3, -0.25) is 9.59 Å². The Labute approximate surface area is 106 Å². The van der Waals surface area contributed by atoms with E-state index in [-0.39, 0.29) is 18.0 Å². The zero-order valence-corrected chi connectivity index (χ0v) is 10.6. The third-order valence-electron chi connectivity index (χ3n) is 2.82. The van der Waals surface area contributed by atoms with Crippen LogP contribution in [0.15, 0.2) is 12.1 Å². The molecule has 0 saturated heterocycles. The molecule has 0 unspecified atom stereocenters. The first-order chi connectivity index (χ1) is 8.41. The van der Waals surface area contributed by atoms with Gasteiger partial charge in [0.1, 0.15) is 5.82 Å². The minimum atomic E-state index is -0.850. The van der Waals surface area contributed by atoms with Crippen LogP contribution in [-0.4, -0.2) is 16.9 Å². The lowest BCUT2D eigenvalue weighted by molar-refractivity contribution is -0.137. The molecule has 0 aromatic heterocycles. The Bertz CT molecular complexity index is 443. The van der Waals surface area contributed by atoms with E-state index in [1.54, 1.807) is 13.8 Å². The van der Waals surface area contributed by atoms with E-state index in [0.717, 1.165) is 0 Å². The number of rotatable bonds is 6. The van der Waals surface area contributed by atoms with E-state index in [1.165, 1.54) is 12.1 Å². The zero-order chi connectivity index (χ0) is 13.7. The average molecular weight is 252 g/mol. The summed E-state index contributed by atoms with van der Waals surface area (Å²) in [6, 6.07) is 2.69. The molecule has 1 rings (SSSR count). The third-order valence-corrected chi connectivity index (χ3v) is 2.82. The van der Waals surface area contributed by atoms with Crippen molar-refractivity contribution < 1.29 is 19.1 Å². The summed E-state index contributed by atoms with van der Waals surface area (Å²) >= 11 is 0. The van der Waals surface area contributed by atoms with E-state index in [4.69, 9.17) is 5.11 Å². The molecule has 3 nitrogen and oxygen atoms in total. The maximum Gasteiger partial charge on any atom is 0.303 e. The Morgan fingerprint density at radius 1 is 1.11 bits per heavy atom. The topological polar surface area (TPSA) is 54.4 Å². The SMILES string of the molecule is Cc1cc(F)cc(C)c1C(=O)CCCCC(=O)O. The van der Waals surface area contributed by atoms with Crippen molar-refractivity contribution in [3.8, 4) is 0 Å². The fourth-order valence-electron chi connectivity index (χ4n) is 2.04. The fraction of sp³-hybridized carbons (Fsp3) is 0.429. The Morgan fingerprint density at radius 3 is 2.11 bits per heavy atom. The van der Waals surface area contributed by atoms with E-state index in [2.05, 4.69) is 0 Å². The van der Waals surface area contributed by atoms with Crippen LogP contribution < -0.4 is 0 Å². The van der Waals surface area contributed by atoms with Crippen LogP contribution in [0.1, 0.15) is 47.2 Å². The number of unbranched alkanes of at least 4 members (excludes halogenated alkanes) is 1. The summed E-state index contributed by atoms with van der Waals surface area (Å²) in [6.45, 7) is 3.42. The van der Waals surface area contributed by atoms with E-state index < -0.39 is 5.97 Å².